The van der Waals surface area contributed by atoms with Gasteiger partial charge in [0.15, 0.2) is 0 Å². The Morgan fingerprint density at radius 2 is 1.60 bits per heavy atom. The lowest BCUT2D eigenvalue weighted by molar-refractivity contribution is 0.262. The maximum absolute atomic E-state index is 13.9. The van der Waals surface area contributed by atoms with E-state index in [1.54, 1.807) is 42.5 Å². The van der Waals surface area contributed by atoms with Crippen LogP contribution in [-0.4, -0.2) is 15.6 Å². The first kappa shape index (κ1) is 19.3. The highest BCUT2D eigenvalue weighted by molar-refractivity contribution is 6.04. The van der Waals surface area contributed by atoms with Crippen molar-refractivity contribution >= 4 is 28.4 Å². The van der Waals surface area contributed by atoms with Crippen LogP contribution in [0.25, 0.3) is 10.9 Å². The zero-order valence-electron chi connectivity index (χ0n) is 15.6. The smallest absolute Gasteiger partial charge is 0.305 e. The zero-order chi connectivity index (χ0) is 21.1. The van der Waals surface area contributed by atoms with Crippen molar-refractivity contribution in [3.63, 3.8) is 0 Å². The van der Waals surface area contributed by atoms with Gasteiger partial charge in [0.25, 0.3) is 0 Å². The molecule has 6 nitrogen and oxygen atoms in total. The number of rotatable bonds is 4. The van der Waals surface area contributed by atoms with Gasteiger partial charge in [-0.25, -0.2) is 18.4 Å². The molecule has 0 aliphatic rings. The van der Waals surface area contributed by atoms with Crippen LogP contribution in [0, 0.1) is 11.6 Å². The maximum atomic E-state index is 13.9. The molecule has 0 atom stereocenters. The van der Waals surface area contributed by atoms with Crippen LogP contribution in [0.1, 0.15) is 5.56 Å². The van der Waals surface area contributed by atoms with Gasteiger partial charge in [-0.15, -0.1) is 0 Å². The number of anilines is 2. The predicted octanol–water partition coefficient (Wildman–Crippen LogP) is 4.37. The number of nitrogens with zero attached hydrogens (tertiary/aromatic N) is 2. The number of para-hydroxylation sites is 2. The molecule has 30 heavy (non-hydrogen) atoms. The summed E-state index contributed by atoms with van der Waals surface area (Å²) in [6.45, 7) is 0.0618. The highest BCUT2D eigenvalue weighted by Crippen LogP contribution is 2.22. The van der Waals surface area contributed by atoms with Gasteiger partial charge < -0.3 is 5.32 Å². The van der Waals surface area contributed by atoms with Gasteiger partial charge in [0, 0.05) is 5.39 Å². The summed E-state index contributed by atoms with van der Waals surface area (Å²) in [5.74, 6) is -0.787. The van der Waals surface area contributed by atoms with Crippen molar-refractivity contribution in [3.05, 3.63) is 100 Å². The highest BCUT2D eigenvalue weighted by Gasteiger charge is 2.15. The van der Waals surface area contributed by atoms with E-state index in [1.807, 2.05) is 0 Å². The largest absolute Gasteiger partial charge is 0.350 e. The van der Waals surface area contributed by atoms with Crippen molar-refractivity contribution in [1.29, 1.82) is 0 Å². The molecule has 0 bridgehead atoms. The van der Waals surface area contributed by atoms with Crippen molar-refractivity contribution in [2.24, 2.45) is 0 Å². The number of nitrogens with one attached hydrogen (secondary N) is 2. The molecule has 1 heterocycles. The zero-order valence-corrected chi connectivity index (χ0v) is 15.6. The number of carbonyl (C=O) groups excluding carboxylic acids is 1. The monoisotopic (exact) mass is 406 g/mol. The van der Waals surface area contributed by atoms with Gasteiger partial charge in [-0.3, -0.25) is 9.88 Å². The molecule has 1 aromatic heterocycles. The minimum atomic E-state index is -0.719. The molecule has 0 aliphatic carbocycles. The third-order valence-electron chi connectivity index (χ3n) is 4.48. The summed E-state index contributed by atoms with van der Waals surface area (Å²) >= 11 is 0. The van der Waals surface area contributed by atoms with Crippen LogP contribution in [-0.2, 0) is 6.54 Å². The molecule has 0 saturated carbocycles. The first-order valence-corrected chi connectivity index (χ1v) is 9.08. The molecule has 150 valence electrons. The van der Waals surface area contributed by atoms with Crippen LogP contribution >= 0.6 is 0 Å². The quantitative estimate of drug-likeness (QED) is 0.529. The van der Waals surface area contributed by atoms with E-state index in [0.29, 0.717) is 16.5 Å². The van der Waals surface area contributed by atoms with Crippen molar-refractivity contribution in [1.82, 2.24) is 9.55 Å². The fraction of sp³-hybridized carbons (Fsp3) is 0.0455. The summed E-state index contributed by atoms with van der Waals surface area (Å²) in [5.41, 5.74) is 0.465. The average molecular weight is 406 g/mol. The molecule has 3 aromatic carbocycles. The summed E-state index contributed by atoms with van der Waals surface area (Å²) in [5, 5.41) is 5.60. The number of benzene rings is 3. The lowest BCUT2D eigenvalue weighted by atomic mass is 10.2. The number of fused-ring (bicyclic) bond motifs is 1. The maximum Gasteiger partial charge on any atom is 0.350 e. The number of amides is 2. The number of hydrogen-bond acceptors (Lipinski definition) is 3. The molecule has 0 fully saturated rings. The second-order valence-electron chi connectivity index (χ2n) is 6.53. The second-order valence-corrected chi connectivity index (χ2v) is 6.53. The predicted molar refractivity (Wildman–Crippen MR) is 111 cm³/mol. The topological polar surface area (TPSA) is 76.0 Å². The summed E-state index contributed by atoms with van der Waals surface area (Å²) < 4.78 is 28.4. The summed E-state index contributed by atoms with van der Waals surface area (Å²) in [7, 11) is 0. The lowest BCUT2D eigenvalue weighted by Gasteiger charge is -2.16. The molecular formula is C22H16F2N4O2. The van der Waals surface area contributed by atoms with Crippen LogP contribution in [0.2, 0.25) is 0 Å². The Hall–Kier alpha value is -4.07. The van der Waals surface area contributed by atoms with E-state index in [2.05, 4.69) is 15.6 Å². The third kappa shape index (κ3) is 4.02. The van der Waals surface area contributed by atoms with Crippen LogP contribution in [0.4, 0.5) is 25.1 Å². The Morgan fingerprint density at radius 3 is 2.37 bits per heavy atom. The van der Waals surface area contributed by atoms with E-state index in [4.69, 9.17) is 0 Å². The second kappa shape index (κ2) is 8.12. The Balaban J connectivity index is 1.74. The summed E-state index contributed by atoms with van der Waals surface area (Å²) in [6, 6.07) is 17.5. The van der Waals surface area contributed by atoms with Crippen LogP contribution < -0.4 is 16.3 Å². The molecule has 2 N–H and O–H groups in total. The Bertz CT molecular complexity index is 1290. The van der Waals surface area contributed by atoms with Crippen molar-refractivity contribution < 1.29 is 13.6 Å². The highest BCUT2D eigenvalue weighted by atomic mass is 19.1. The first-order valence-electron chi connectivity index (χ1n) is 9.08. The van der Waals surface area contributed by atoms with Crippen LogP contribution in [0.3, 0.4) is 0 Å². The molecule has 4 aromatic rings. The average Bonchev–Trinajstić information content (AvgIpc) is 2.73. The van der Waals surface area contributed by atoms with E-state index in [-0.39, 0.29) is 18.1 Å². The minimum Gasteiger partial charge on any atom is -0.305 e. The summed E-state index contributed by atoms with van der Waals surface area (Å²) in [6.07, 6.45) is 0. The molecular weight excluding hydrogens is 390 g/mol. The fourth-order valence-electron chi connectivity index (χ4n) is 3.05. The van der Waals surface area contributed by atoms with Gasteiger partial charge in [0.1, 0.15) is 17.5 Å². The van der Waals surface area contributed by atoms with Gasteiger partial charge in [-0.1, -0.05) is 36.4 Å². The van der Waals surface area contributed by atoms with Crippen molar-refractivity contribution in [2.45, 2.75) is 6.54 Å². The number of aromatic nitrogens is 2. The molecule has 0 unspecified atom stereocenters. The lowest BCUT2D eigenvalue weighted by Crippen LogP contribution is -2.30. The van der Waals surface area contributed by atoms with Gasteiger partial charge >= 0.3 is 11.7 Å². The SMILES string of the molecule is O=C(Nc1ccccc1F)Nc1c2ccccc2nc(=O)n1Cc1ccc(F)cc1. The Morgan fingerprint density at radius 1 is 0.900 bits per heavy atom. The fourth-order valence-corrected chi connectivity index (χ4v) is 3.05. The van der Waals surface area contributed by atoms with Crippen LogP contribution in [0.15, 0.2) is 77.6 Å². The molecule has 0 aliphatic heterocycles. The van der Waals surface area contributed by atoms with E-state index in [1.165, 1.54) is 34.9 Å². The number of carbonyl (C=O) groups is 1. The molecule has 2 amide bonds. The van der Waals surface area contributed by atoms with Gasteiger partial charge in [-0.05, 0) is 42.0 Å². The van der Waals surface area contributed by atoms with Crippen LogP contribution in [0.5, 0.6) is 0 Å². The van der Waals surface area contributed by atoms with Gasteiger partial charge in [0.05, 0.1) is 17.7 Å². The Labute approximate surface area is 169 Å². The van der Waals surface area contributed by atoms with Gasteiger partial charge in [-0.2, -0.15) is 4.98 Å². The first-order chi connectivity index (χ1) is 14.5. The normalized spacial score (nSPS) is 10.7. The number of halogens is 2. The number of urea groups is 1. The minimum absolute atomic E-state index is 0.000734. The summed E-state index contributed by atoms with van der Waals surface area (Å²) in [4.78, 5) is 29.3. The van der Waals surface area contributed by atoms with E-state index >= 15 is 0 Å². The Kier molecular flexibility index (Phi) is 5.21. The molecule has 0 saturated heterocycles. The number of hydrogen-bond donors (Lipinski definition) is 2. The molecule has 8 heteroatoms. The molecule has 0 spiro atoms. The third-order valence-corrected chi connectivity index (χ3v) is 4.48. The van der Waals surface area contributed by atoms with Crippen molar-refractivity contribution in [2.75, 3.05) is 10.6 Å². The van der Waals surface area contributed by atoms with E-state index in [9.17, 15) is 18.4 Å². The van der Waals surface area contributed by atoms with E-state index in [0.717, 1.165) is 0 Å². The van der Waals surface area contributed by atoms with Crippen molar-refractivity contribution in [3.8, 4) is 0 Å². The van der Waals surface area contributed by atoms with E-state index < -0.39 is 23.4 Å². The molecule has 4 rings (SSSR count). The molecule has 0 radical (unpaired) electrons. The van der Waals surface area contributed by atoms with Gasteiger partial charge in [0.2, 0.25) is 0 Å². The standard InChI is InChI=1S/C22H16F2N4O2/c23-15-11-9-14(10-12-15)13-28-20(16-5-1-3-7-18(16)26-22(28)30)27-21(29)25-19-8-4-2-6-17(19)24/h1-12H,13H2,(H2,25,27,29).